The predicted molar refractivity (Wildman–Crippen MR) is 182 cm³/mol. The van der Waals surface area contributed by atoms with Crippen LogP contribution in [-0.4, -0.2) is 0 Å². The average Bonchev–Trinajstić information content (AvgIpc) is 3.74. The molecule has 9 aromatic rings. The van der Waals surface area contributed by atoms with E-state index in [1.54, 1.807) is 0 Å². The molecule has 1 nitrogen and oxygen atoms in total. The smallest absolute Gasteiger partial charge is 0.143 e. The van der Waals surface area contributed by atoms with E-state index in [2.05, 4.69) is 140 Å². The van der Waals surface area contributed by atoms with Gasteiger partial charge in [0.15, 0.2) is 0 Å². The number of rotatable bonds is 2. The van der Waals surface area contributed by atoms with Crippen LogP contribution >= 0.6 is 11.3 Å². The van der Waals surface area contributed by atoms with E-state index >= 15 is 0 Å². The molecule has 1 atom stereocenters. The Balaban J connectivity index is 1.26. The number of furan rings is 1. The quantitative estimate of drug-likeness (QED) is 0.203. The first-order chi connectivity index (χ1) is 21.3. The molecule has 1 aliphatic carbocycles. The van der Waals surface area contributed by atoms with Gasteiger partial charge in [-0.25, -0.2) is 0 Å². The van der Waals surface area contributed by atoms with Crippen molar-refractivity contribution in [3.63, 3.8) is 0 Å². The second kappa shape index (κ2) is 8.67. The van der Waals surface area contributed by atoms with Crippen LogP contribution < -0.4 is 0 Å². The number of hydrogen-bond acceptors (Lipinski definition) is 2. The Bertz CT molecular complexity index is 2580. The monoisotopic (exact) mass is 564 g/mol. The highest BCUT2D eigenvalue weighted by Gasteiger charge is 2.34. The summed E-state index contributed by atoms with van der Waals surface area (Å²) in [6.45, 7) is 0. The maximum Gasteiger partial charge on any atom is 0.143 e. The van der Waals surface area contributed by atoms with Crippen molar-refractivity contribution < 1.29 is 4.42 Å². The van der Waals surface area contributed by atoms with Crippen LogP contribution in [0.1, 0.15) is 22.6 Å². The molecule has 7 aromatic carbocycles. The van der Waals surface area contributed by atoms with E-state index in [-0.39, 0.29) is 5.92 Å². The summed E-state index contributed by atoms with van der Waals surface area (Å²) in [5, 5.41) is 7.61. The SMILES string of the molecule is c1cc(-c2cccc3sc4ccccc4c23)cc(C2c3ccc4c(oc5ccccc54)c3-c3ccc4ccccc4c32)c1. The molecule has 0 spiro atoms. The summed E-state index contributed by atoms with van der Waals surface area (Å²) in [5.74, 6) is 0.104. The highest BCUT2D eigenvalue weighted by atomic mass is 32.1. The van der Waals surface area contributed by atoms with Crippen LogP contribution in [0.15, 0.2) is 144 Å². The molecule has 0 aliphatic heterocycles. The second-order valence-corrected chi connectivity index (χ2v) is 12.7. The molecule has 10 rings (SSSR count). The van der Waals surface area contributed by atoms with Crippen LogP contribution in [-0.2, 0) is 0 Å². The van der Waals surface area contributed by atoms with Gasteiger partial charge in [0.2, 0.25) is 0 Å². The Morgan fingerprint density at radius 3 is 2.28 bits per heavy atom. The molecule has 2 heterocycles. The molecular weight excluding hydrogens is 541 g/mol. The van der Waals surface area contributed by atoms with Gasteiger partial charge in [0.05, 0.1) is 0 Å². The van der Waals surface area contributed by atoms with Gasteiger partial charge in [-0.15, -0.1) is 11.3 Å². The predicted octanol–water partition coefficient (Wildman–Crippen LogP) is 11.9. The van der Waals surface area contributed by atoms with Crippen molar-refractivity contribution in [2.75, 3.05) is 0 Å². The van der Waals surface area contributed by atoms with Crippen LogP contribution in [0.4, 0.5) is 0 Å². The summed E-state index contributed by atoms with van der Waals surface area (Å²) in [4.78, 5) is 0. The molecule has 200 valence electrons. The van der Waals surface area contributed by atoms with Gasteiger partial charge in [0, 0.05) is 42.4 Å². The molecule has 1 aliphatic rings. The summed E-state index contributed by atoms with van der Waals surface area (Å²) in [5.41, 5.74) is 11.0. The Morgan fingerprint density at radius 2 is 1.33 bits per heavy atom. The third kappa shape index (κ3) is 3.22. The van der Waals surface area contributed by atoms with Crippen molar-refractivity contribution in [3.05, 3.63) is 156 Å². The fourth-order valence-electron chi connectivity index (χ4n) is 7.55. The van der Waals surface area contributed by atoms with Gasteiger partial charge in [0.1, 0.15) is 11.2 Å². The first-order valence-corrected chi connectivity index (χ1v) is 15.6. The molecule has 0 radical (unpaired) electrons. The molecule has 2 heteroatoms. The molecule has 0 fully saturated rings. The zero-order valence-corrected chi connectivity index (χ0v) is 24.0. The largest absolute Gasteiger partial charge is 0.455 e. The Hall–Kier alpha value is -5.18. The zero-order chi connectivity index (χ0) is 28.1. The van der Waals surface area contributed by atoms with E-state index in [0.29, 0.717) is 0 Å². The summed E-state index contributed by atoms with van der Waals surface area (Å²) in [6, 6.07) is 51.1. The lowest BCUT2D eigenvalue weighted by atomic mass is 9.85. The lowest BCUT2D eigenvalue weighted by Crippen LogP contribution is -2.00. The van der Waals surface area contributed by atoms with Crippen molar-refractivity contribution >= 4 is 64.2 Å². The molecule has 0 saturated heterocycles. The van der Waals surface area contributed by atoms with E-state index < -0.39 is 0 Å². The summed E-state index contributed by atoms with van der Waals surface area (Å²) >= 11 is 1.88. The van der Waals surface area contributed by atoms with E-state index in [1.807, 2.05) is 11.3 Å². The summed E-state index contributed by atoms with van der Waals surface area (Å²) in [7, 11) is 0. The molecule has 0 saturated carbocycles. The van der Waals surface area contributed by atoms with Gasteiger partial charge >= 0.3 is 0 Å². The van der Waals surface area contributed by atoms with Crippen molar-refractivity contribution in [1.29, 1.82) is 0 Å². The van der Waals surface area contributed by atoms with Crippen molar-refractivity contribution in [2.45, 2.75) is 5.92 Å². The van der Waals surface area contributed by atoms with E-state index in [9.17, 15) is 0 Å². The maximum atomic E-state index is 6.62. The first-order valence-electron chi connectivity index (χ1n) is 14.8. The van der Waals surface area contributed by atoms with Crippen LogP contribution in [0.3, 0.4) is 0 Å². The maximum absolute atomic E-state index is 6.62. The van der Waals surface area contributed by atoms with Crippen molar-refractivity contribution in [2.24, 2.45) is 0 Å². The summed E-state index contributed by atoms with van der Waals surface area (Å²) < 4.78 is 9.29. The Labute approximate surface area is 252 Å². The average molecular weight is 565 g/mol. The fourth-order valence-corrected chi connectivity index (χ4v) is 8.68. The minimum Gasteiger partial charge on any atom is -0.455 e. The molecular formula is C41H24OS. The number of thiophene rings is 1. The van der Waals surface area contributed by atoms with Crippen LogP contribution in [0, 0.1) is 0 Å². The Kier molecular flexibility index (Phi) is 4.72. The lowest BCUT2D eigenvalue weighted by Gasteiger charge is -2.18. The first kappa shape index (κ1) is 23.4. The van der Waals surface area contributed by atoms with E-state index in [0.717, 1.165) is 11.2 Å². The molecule has 0 bridgehead atoms. The van der Waals surface area contributed by atoms with Crippen LogP contribution in [0.5, 0.6) is 0 Å². The number of hydrogen-bond donors (Lipinski definition) is 0. The number of para-hydroxylation sites is 1. The standard InChI is InChI=1S/C41H24OS/c1-2-12-27-24(9-1)19-20-33-39(27)37(32-22-21-30-29-13-3-5-16-34(29)42-41(30)40(32)33)26-11-7-10-25(23-26)28-15-8-18-36-38(28)31-14-4-6-17-35(31)43-36/h1-23,37H. The highest BCUT2D eigenvalue weighted by molar-refractivity contribution is 7.25. The van der Waals surface area contributed by atoms with Gasteiger partial charge in [-0.3, -0.25) is 0 Å². The number of benzene rings is 7. The molecule has 2 aromatic heterocycles. The minimum absolute atomic E-state index is 0.104. The van der Waals surface area contributed by atoms with Gasteiger partial charge < -0.3 is 4.42 Å². The molecule has 0 amide bonds. The third-order valence-corrected chi connectivity index (χ3v) is 10.5. The van der Waals surface area contributed by atoms with Gasteiger partial charge in [-0.2, -0.15) is 0 Å². The van der Waals surface area contributed by atoms with Gasteiger partial charge in [0.25, 0.3) is 0 Å². The molecule has 0 N–H and O–H groups in total. The fraction of sp³-hybridized carbons (Fsp3) is 0.0244. The highest BCUT2D eigenvalue weighted by Crippen LogP contribution is 2.54. The minimum atomic E-state index is 0.104. The summed E-state index contributed by atoms with van der Waals surface area (Å²) in [6.07, 6.45) is 0. The van der Waals surface area contributed by atoms with E-state index in [1.165, 1.54) is 80.7 Å². The topological polar surface area (TPSA) is 13.1 Å². The zero-order valence-electron chi connectivity index (χ0n) is 23.2. The van der Waals surface area contributed by atoms with E-state index in [4.69, 9.17) is 4.42 Å². The normalized spacial score (nSPS) is 14.3. The van der Waals surface area contributed by atoms with Crippen molar-refractivity contribution in [1.82, 2.24) is 0 Å². The van der Waals surface area contributed by atoms with Crippen molar-refractivity contribution in [3.8, 4) is 22.3 Å². The molecule has 43 heavy (non-hydrogen) atoms. The second-order valence-electron chi connectivity index (χ2n) is 11.6. The van der Waals surface area contributed by atoms with Gasteiger partial charge in [-0.1, -0.05) is 121 Å². The molecule has 1 unspecified atom stereocenters. The third-order valence-electron chi connectivity index (χ3n) is 9.35. The lowest BCUT2D eigenvalue weighted by molar-refractivity contribution is 0.670. The number of fused-ring (bicyclic) bond motifs is 12. The Morgan fingerprint density at radius 1 is 0.535 bits per heavy atom. The van der Waals surface area contributed by atoms with Crippen LogP contribution in [0.2, 0.25) is 0 Å². The van der Waals surface area contributed by atoms with Crippen LogP contribution in [0.25, 0.3) is 75.1 Å². The van der Waals surface area contributed by atoms with Gasteiger partial charge in [-0.05, 0) is 62.4 Å².